The molecule has 0 aliphatic heterocycles. The minimum Gasteiger partial charge on any atom is -0.268 e. The summed E-state index contributed by atoms with van der Waals surface area (Å²) in [7, 11) is -1.60. The monoisotopic (exact) mass is 383 g/mol. The third-order valence-electron chi connectivity index (χ3n) is 4.86. The van der Waals surface area contributed by atoms with Crippen molar-refractivity contribution in [3.05, 3.63) is 70.9 Å². The third-order valence-corrected chi connectivity index (χ3v) is 6.46. The molecule has 0 unspecified atom stereocenters. The Morgan fingerprint density at radius 2 is 1.63 bits per heavy atom. The number of benzene rings is 2. The SMILES string of the molecule is Cc1cc(C)c(S(=O)(=O)NCCc2ccc(-c3ccnn3C)cc2)cc1C. The summed E-state index contributed by atoms with van der Waals surface area (Å²) in [4.78, 5) is 0.358. The van der Waals surface area contributed by atoms with Crippen molar-refractivity contribution in [2.45, 2.75) is 32.1 Å². The molecule has 0 aliphatic rings. The molecular formula is C21H25N3O2S. The fourth-order valence-electron chi connectivity index (χ4n) is 3.13. The van der Waals surface area contributed by atoms with Gasteiger partial charge in [-0.2, -0.15) is 5.10 Å². The van der Waals surface area contributed by atoms with Gasteiger partial charge in [-0.05, 0) is 67.1 Å². The average molecular weight is 384 g/mol. The summed E-state index contributed by atoms with van der Waals surface area (Å²) in [5, 5.41) is 4.18. The summed E-state index contributed by atoms with van der Waals surface area (Å²) < 4.78 is 29.8. The van der Waals surface area contributed by atoms with Gasteiger partial charge < -0.3 is 0 Å². The van der Waals surface area contributed by atoms with E-state index in [1.165, 1.54) is 0 Å². The molecule has 0 fully saturated rings. The highest BCUT2D eigenvalue weighted by Gasteiger charge is 2.17. The van der Waals surface area contributed by atoms with E-state index in [2.05, 4.69) is 9.82 Å². The maximum atomic E-state index is 12.6. The molecule has 0 bridgehead atoms. The zero-order chi connectivity index (χ0) is 19.6. The predicted octanol–water partition coefficient (Wildman–Crippen LogP) is 3.53. The highest BCUT2D eigenvalue weighted by Crippen LogP contribution is 2.21. The van der Waals surface area contributed by atoms with E-state index >= 15 is 0 Å². The lowest BCUT2D eigenvalue weighted by molar-refractivity contribution is 0.581. The van der Waals surface area contributed by atoms with Gasteiger partial charge in [0, 0.05) is 19.8 Å². The maximum absolute atomic E-state index is 12.6. The second-order valence-electron chi connectivity index (χ2n) is 6.89. The Morgan fingerprint density at radius 3 is 2.26 bits per heavy atom. The lowest BCUT2D eigenvalue weighted by Crippen LogP contribution is -2.26. The van der Waals surface area contributed by atoms with Crippen molar-refractivity contribution < 1.29 is 8.42 Å². The zero-order valence-corrected chi connectivity index (χ0v) is 17.0. The Hall–Kier alpha value is -2.44. The molecule has 0 atom stereocenters. The van der Waals surface area contributed by atoms with E-state index in [0.29, 0.717) is 17.9 Å². The van der Waals surface area contributed by atoms with Gasteiger partial charge in [0.1, 0.15) is 0 Å². The Bertz CT molecular complexity index is 1050. The first-order chi connectivity index (χ1) is 12.8. The van der Waals surface area contributed by atoms with Gasteiger partial charge in [-0.3, -0.25) is 4.68 Å². The fraction of sp³-hybridized carbons (Fsp3) is 0.286. The van der Waals surface area contributed by atoms with Crippen LogP contribution < -0.4 is 4.72 Å². The second-order valence-corrected chi connectivity index (χ2v) is 8.62. The van der Waals surface area contributed by atoms with Crippen LogP contribution in [0.4, 0.5) is 0 Å². The molecule has 1 aromatic heterocycles. The second kappa shape index (κ2) is 7.66. The van der Waals surface area contributed by atoms with Gasteiger partial charge in [-0.1, -0.05) is 30.3 Å². The Labute approximate surface area is 161 Å². The topological polar surface area (TPSA) is 64.0 Å². The predicted molar refractivity (Wildman–Crippen MR) is 108 cm³/mol. The van der Waals surface area contributed by atoms with Crippen molar-refractivity contribution in [3.8, 4) is 11.3 Å². The molecule has 3 rings (SSSR count). The van der Waals surface area contributed by atoms with Crippen molar-refractivity contribution in [1.29, 1.82) is 0 Å². The van der Waals surface area contributed by atoms with Gasteiger partial charge in [-0.15, -0.1) is 0 Å². The number of aryl methyl sites for hydroxylation is 4. The van der Waals surface area contributed by atoms with E-state index in [1.807, 2.05) is 68.9 Å². The highest BCUT2D eigenvalue weighted by molar-refractivity contribution is 7.89. The van der Waals surface area contributed by atoms with Crippen molar-refractivity contribution in [2.75, 3.05) is 6.54 Å². The van der Waals surface area contributed by atoms with Gasteiger partial charge in [-0.25, -0.2) is 13.1 Å². The molecule has 0 saturated carbocycles. The molecule has 1 heterocycles. The molecule has 3 aromatic rings. The number of sulfonamides is 1. The zero-order valence-electron chi connectivity index (χ0n) is 16.2. The largest absolute Gasteiger partial charge is 0.268 e. The van der Waals surface area contributed by atoms with Crippen molar-refractivity contribution in [3.63, 3.8) is 0 Å². The molecule has 0 saturated heterocycles. The Balaban J connectivity index is 1.66. The lowest BCUT2D eigenvalue weighted by atomic mass is 10.1. The summed E-state index contributed by atoms with van der Waals surface area (Å²) in [5.74, 6) is 0. The number of aromatic nitrogens is 2. The maximum Gasteiger partial charge on any atom is 0.240 e. The van der Waals surface area contributed by atoms with Gasteiger partial charge in [0.2, 0.25) is 10.0 Å². The normalized spacial score (nSPS) is 11.7. The van der Waals surface area contributed by atoms with Crippen LogP contribution >= 0.6 is 0 Å². The van der Waals surface area contributed by atoms with Crippen molar-refractivity contribution in [2.24, 2.45) is 7.05 Å². The molecule has 27 heavy (non-hydrogen) atoms. The van der Waals surface area contributed by atoms with Gasteiger partial charge in [0.25, 0.3) is 0 Å². The van der Waals surface area contributed by atoms with Crippen LogP contribution in [0.1, 0.15) is 22.3 Å². The molecule has 0 spiro atoms. The van der Waals surface area contributed by atoms with Crippen LogP contribution in [0.2, 0.25) is 0 Å². The number of nitrogens with one attached hydrogen (secondary N) is 1. The molecule has 2 aromatic carbocycles. The fourth-order valence-corrected chi connectivity index (χ4v) is 4.47. The molecular weight excluding hydrogens is 358 g/mol. The Morgan fingerprint density at radius 1 is 0.963 bits per heavy atom. The van der Waals surface area contributed by atoms with Crippen LogP contribution in [0.5, 0.6) is 0 Å². The third kappa shape index (κ3) is 4.28. The quantitative estimate of drug-likeness (QED) is 0.708. The van der Waals surface area contributed by atoms with Crippen LogP contribution in [0.3, 0.4) is 0 Å². The van der Waals surface area contributed by atoms with Crippen molar-refractivity contribution >= 4 is 10.0 Å². The molecule has 0 aliphatic carbocycles. The van der Waals surface area contributed by atoms with E-state index in [4.69, 9.17) is 0 Å². The van der Waals surface area contributed by atoms with E-state index in [1.54, 1.807) is 12.3 Å². The van der Waals surface area contributed by atoms with E-state index in [0.717, 1.165) is 33.5 Å². The molecule has 6 heteroatoms. The van der Waals surface area contributed by atoms with Crippen LogP contribution in [-0.4, -0.2) is 24.7 Å². The minimum absolute atomic E-state index is 0.358. The Kier molecular flexibility index (Phi) is 5.48. The molecule has 0 amide bonds. The lowest BCUT2D eigenvalue weighted by Gasteiger charge is -2.12. The summed E-state index contributed by atoms with van der Waals surface area (Å²) >= 11 is 0. The number of hydrogen-bond donors (Lipinski definition) is 1. The minimum atomic E-state index is -3.51. The van der Waals surface area contributed by atoms with Crippen molar-refractivity contribution in [1.82, 2.24) is 14.5 Å². The van der Waals surface area contributed by atoms with Crippen LogP contribution in [0.25, 0.3) is 11.3 Å². The average Bonchev–Trinajstić information content (AvgIpc) is 3.04. The smallest absolute Gasteiger partial charge is 0.240 e. The summed E-state index contributed by atoms with van der Waals surface area (Å²) in [6.07, 6.45) is 2.40. The molecule has 142 valence electrons. The summed E-state index contributed by atoms with van der Waals surface area (Å²) in [6.45, 7) is 6.11. The van der Waals surface area contributed by atoms with E-state index < -0.39 is 10.0 Å². The van der Waals surface area contributed by atoms with Gasteiger partial charge in [0.15, 0.2) is 0 Å². The summed E-state index contributed by atoms with van der Waals surface area (Å²) in [5.41, 5.74) is 6.07. The van der Waals surface area contributed by atoms with Gasteiger partial charge in [0.05, 0.1) is 10.6 Å². The number of nitrogens with zero attached hydrogens (tertiary/aromatic N) is 2. The summed E-state index contributed by atoms with van der Waals surface area (Å²) in [6, 6.07) is 13.8. The van der Waals surface area contributed by atoms with Crippen LogP contribution in [0, 0.1) is 20.8 Å². The number of hydrogen-bond acceptors (Lipinski definition) is 3. The standard InChI is InChI=1S/C21H25N3O2S/c1-15-13-17(3)21(14-16(15)2)27(25,26)23-12-9-18-5-7-19(8-6-18)20-10-11-22-24(20)4/h5-8,10-11,13-14,23H,9,12H2,1-4H3. The first-order valence-electron chi connectivity index (χ1n) is 8.93. The highest BCUT2D eigenvalue weighted by atomic mass is 32.2. The molecule has 1 N–H and O–H groups in total. The van der Waals surface area contributed by atoms with Crippen LogP contribution in [-0.2, 0) is 23.5 Å². The molecule has 5 nitrogen and oxygen atoms in total. The molecule has 0 radical (unpaired) electrons. The van der Waals surface area contributed by atoms with Crippen LogP contribution in [0.15, 0.2) is 53.6 Å². The first kappa shape index (κ1) is 19.3. The van der Waals surface area contributed by atoms with Gasteiger partial charge >= 0.3 is 0 Å². The van der Waals surface area contributed by atoms with E-state index in [-0.39, 0.29) is 0 Å². The van der Waals surface area contributed by atoms with E-state index in [9.17, 15) is 8.42 Å². The number of rotatable bonds is 6. The first-order valence-corrected chi connectivity index (χ1v) is 10.4.